The van der Waals surface area contributed by atoms with Crippen molar-refractivity contribution in [2.45, 2.75) is 12.3 Å². The van der Waals surface area contributed by atoms with Gasteiger partial charge in [0.2, 0.25) is 0 Å². The van der Waals surface area contributed by atoms with Gasteiger partial charge in [0.15, 0.2) is 0 Å². The van der Waals surface area contributed by atoms with E-state index in [9.17, 15) is 0 Å². The first-order valence-electron chi connectivity index (χ1n) is 13.3. The lowest BCUT2D eigenvalue weighted by molar-refractivity contribution is 0.411. The van der Waals surface area contributed by atoms with Gasteiger partial charge in [0.05, 0.1) is 0 Å². The Morgan fingerprint density at radius 1 is 0.564 bits per heavy atom. The zero-order valence-corrected chi connectivity index (χ0v) is 22.0. The van der Waals surface area contributed by atoms with Crippen LogP contribution < -0.4 is 10.6 Å². The molecule has 39 heavy (non-hydrogen) atoms. The van der Waals surface area contributed by atoms with Crippen molar-refractivity contribution >= 4 is 58.9 Å². The van der Waals surface area contributed by atoms with Crippen LogP contribution in [0.1, 0.15) is 29.0 Å². The van der Waals surface area contributed by atoms with Crippen LogP contribution in [0.3, 0.4) is 0 Å². The van der Waals surface area contributed by atoms with Crippen molar-refractivity contribution in [3.63, 3.8) is 0 Å². The van der Waals surface area contributed by atoms with Crippen LogP contribution >= 0.6 is 11.3 Å². The van der Waals surface area contributed by atoms with E-state index in [1.54, 1.807) is 0 Å². The van der Waals surface area contributed by atoms with E-state index in [2.05, 4.69) is 138 Å². The Morgan fingerprint density at radius 3 is 2.10 bits per heavy atom. The molecule has 0 saturated heterocycles. The van der Waals surface area contributed by atoms with Crippen molar-refractivity contribution in [3.8, 4) is 0 Å². The summed E-state index contributed by atoms with van der Waals surface area (Å²) in [5.74, 6) is 0.906. The van der Waals surface area contributed by atoms with Crippen LogP contribution in [-0.2, 0) is 0 Å². The fraction of sp³-hybridized carbons (Fsp3) is 0.0571. The molecule has 7 aromatic rings. The number of nitrogens with one attached hydrogen (secondary N) is 2. The monoisotopic (exact) mass is 519 g/mol. The molecule has 1 aliphatic rings. The Balaban J connectivity index is 1.31. The minimum Gasteiger partial charge on any atom is -0.350 e. The molecule has 2 atom stereocenters. The van der Waals surface area contributed by atoms with Crippen LogP contribution in [0.2, 0.25) is 0 Å². The van der Waals surface area contributed by atoms with Crippen LogP contribution in [-0.4, -0.2) is 5.84 Å². The first-order chi connectivity index (χ1) is 19.3. The molecule has 8 rings (SSSR count). The lowest BCUT2D eigenvalue weighted by Crippen LogP contribution is -2.45. The van der Waals surface area contributed by atoms with Crippen molar-refractivity contribution in [1.29, 1.82) is 0 Å². The maximum atomic E-state index is 5.30. The highest BCUT2D eigenvalue weighted by Gasteiger charge is 2.27. The summed E-state index contributed by atoms with van der Waals surface area (Å²) in [7, 11) is 0. The lowest BCUT2D eigenvalue weighted by atomic mass is 9.99. The summed E-state index contributed by atoms with van der Waals surface area (Å²) in [4.78, 5) is 5.30. The van der Waals surface area contributed by atoms with E-state index >= 15 is 0 Å². The third-order valence-electron chi connectivity index (χ3n) is 7.76. The van der Waals surface area contributed by atoms with E-state index in [0.29, 0.717) is 0 Å². The second kappa shape index (κ2) is 9.05. The normalized spacial score (nSPS) is 17.5. The Hall–Kier alpha value is -4.51. The van der Waals surface area contributed by atoms with Gasteiger partial charge >= 0.3 is 0 Å². The SMILES string of the molecule is c1ccc2c(C3=NC(c4ccc5sc6ccccc6c5c4)NC(c4cccc5ccccc45)N3)cccc2c1. The highest BCUT2D eigenvalue weighted by atomic mass is 32.1. The molecule has 0 bridgehead atoms. The van der Waals surface area contributed by atoms with Crippen molar-refractivity contribution in [3.05, 3.63) is 144 Å². The van der Waals surface area contributed by atoms with Crippen LogP contribution in [0, 0.1) is 0 Å². The summed E-state index contributed by atoms with van der Waals surface area (Å²) < 4.78 is 2.62. The molecule has 0 saturated carbocycles. The van der Waals surface area contributed by atoms with E-state index in [-0.39, 0.29) is 12.3 Å². The summed E-state index contributed by atoms with van der Waals surface area (Å²) in [5.41, 5.74) is 3.50. The number of aliphatic imine (C=N–C) groups is 1. The molecule has 1 aromatic heterocycles. The van der Waals surface area contributed by atoms with Gasteiger partial charge < -0.3 is 5.32 Å². The number of fused-ring (bicyclic) bond motifs is 5. The average Bonchev–Trinajstić information content (AvgIpc) is 3.38. The van der Waals surface area contributed by atoms with Crippen LogP contribution in [0.4, 0.5) is 0 Å². The molecule has 0 spiro atoms. The molecule has 6 aromatic carbocycles. The summed E-state index contributed by atoms with van der Waals surface area (Å²) in [6, 6.07) is 45.6. The number of amidine groups is 1. The summed E-state index contributed by atoms with van der Waals surface area (Å²) in [6.45, 7) is 0. The Morgan fingerprint density at radius 2 is 1.23 bits per heavy atom. The number of benzene rings is 6. The number of nitrogens with zero attached hydrogens (tertiary/aromatic N) is 1. The highest BCUT2D eigenvalue weighted by molar-refractivity contribution is 7.25. The molecule has 2 unspecified atom stereocenters. The largest absolute Gasteiger partial charge is 0.350 e. The van der Waals surface area contributed by atoms with Gasteiger partial charge in [-0.05, 0) is 50.9 Å². The Kier molecular flexibility index (Phi) is 5.22. The van der Waals surface area contributed by atoms with E-state index in [1.165, 1.54) is 47.3 Å². The molecule has 0 aliphatic carbocycles. The molecule has 0 amide bonds. The number of hydrogen-bond donors (Lipinski definition) is 2. The fourth-order valence-corrected chi connectivity index (χ4v) is 6.96. The van der Waals surface area contributed by atoms with Gasteiger partial charge in [-0.2, -0.15) is 0 Å². The fourth-order valence-electron chi connectivity index (χ4n) is 5.87. The van der Waals surface area contributed by atoms with Gasteiger partial charge in [-0.3, -0.25) is 5.32 Å². The van der Waals surface area contributed by atoms with Gasteiger partial charge in [0.25, 0.3) is 0 Å². The van der Waals surface area contributed by atoms with E-state index in [0.717, 1.165) is 17.0 Å². The minimum absolute atomic E-state index is 0.109. The van der Waals surface area contributed by atoms with Crippen molar-refractivity contribution in [2.75, 3.05) is 0 Å². The Labute approximate surface area is 230 Å². The molecule has 3 nitrogen and oxygen atoms in total. The molecular formula is C35H25N3S. The first kappa shape index (κ1) is 22.5. The summed E-state index contributed by atoms with van der Waals surface area (Å²) in [5, 5.41) is 15.1. The lowest BCUT2D eigenvalue weighted by Gasteiger charge is -2.33. The second-order valence-corrected chi connectivity index (χ2v) is 11.2. The number of rotatable bonds is 3. The number of hydrogen-bond acceptors (Lipinski definition) is 4. The van der Waals surface area contributed by atoms with Gasteiger partial charge in [-0.25, -0.2) is 4.99 Å². The zero-order valence-electron chi connectivity index (χ0n) is 21.1. The second-order valence-electron chi connectivity index (χ2n) is 10.1. The van der Waals surface area contributed by atoms with Gasteiger partial charge in [0, 0.05) is 25.7 Å². The molecule has 186 valence electrons. The maximum absolute atomic E-state index is 5.30. The first-order valence-corrected chi connectivity index (χ1v) is 14.1. The van der Waals surface area contributed by atoms with Crippen molar-refractivity contribution in [1.82, 2.24) is 10.6 Å². The van der Waals surface area contributed by atoms with Crippen LogP contribution in [0.25, 0.3) is 41.7 Å². The predicted octanol–water partition coefficient (Wildman–Crippen LogP) is 8.70. The maximum Gasteiger partial charge on any atom is 0.132 e. The van der Waals surface area contributed by atoms with Gasteiger partial charge in [-0.15, -0.1) is 11.3 Å². The van der Waals surface area contributed by atoms with Gasteiger partial charge in [-0.1, -0.05) is 109 Å². The topological polar surface area (TPSA) is 36.4 Å². The smallest absolute Gasteiger partial charge is 0.132 e. The average molecular weight is 520 g/mol. The third kappa shape index (κ3) is 3.80. The quantitative estimate of drug-likeness (QED) is 0.245. The van der Waals surface area contributed by atoms with E-state index in [1.807, 2.05) is 11.3 Å². The minimum atomic E-state index is -0.202. The molecule has 0 radical (unpaired) electrons. The van der Waals surface area contributed by atoms with Crippen molar-refractivity contribution in [2.24, 2.45) is 4.99 Å². The number of thiophene rings is 1. The van der Waals surface area contributed by atoms with Crippen LogP contribution in [0.15, 0.2) is 132 Å². The third-order valence-corrected chi connectivity index (χ3v) is 8.91. The highest BCUT2D eigenvalue weighted by Crippen LogP contribution is 2.37. The van der Waals surface area contributed by atoms with Crippen LogP contribution in [0.5, 0.6) is 0 Å². The van der Waals surface area contributed by atoms with Gasteiger partial charge in [0.1, 0.15) is 18.2 Å². The summed E-state index contributed by atoms with van der Waals surface area (Å²) in [6.07, 6.45) is -0.310. The summed E-state index contributed by atoms with van der Waals surface area (Å²) >= 11 is 1.85. The molecule has 1 aliphatic heterocycles. The molecular weight excluding hydrogens is 494 g/mol. The molecule has 0 fully saturated rings. The molecule has 2 N–H and O–H groups in total. The van der Waals surface area contributed by atoms with Crippen molar-refractivity contribution < 1.29 is 0 Å². The van der Waals surface area contributed by atoms with E-state index < -0.39 is 0 Å². The predicted molar refractivity (Wildman–Crippen MR) is 166 cm³/mol. The molecule has 4 heteroatoms. The Bertz CT molecular complexity index is 2040. The molecule has 2 heterocycles. The standard InChI is InChI=1S/C35H25N3S/c1-3-13-25-22(9-1)11-7-16-28(25)34-36-33(24-19-20-32-30(21-24)27-15-5-6-18-31(27)39-32)37-35(38-34)29-17-8-12-23-10-2-4-14-26(23)29/h1-21,33-34,36H,(H,37,38). The zero-order chi connectivity index (χ0) is 25.8. The van der Waals surface area contributed by atoms with E-state index in [4.69, 9.17) is 4.99 Å².